The molecule has 0 aliphatic carbocycles. The lowest BCUT2D eigenvalue weighted by molar-refractivity contribution is 0.0743. The minimum absolute atomic E-state index is 0.00301. The number of likely N-dealkylation sites (tertiary alicyclic amines) is 1. The number of ether oxygens (including phenoxy) is 1. The zero-order chi connectivity index (χ0) is 13.3. The van der Waals surface area contributed by atoms with Gasteiger partial charge in [0.05, 0.1) is 7.11 Å². The van der Waals surface area contributed by atoms with Crippen molar-refractivity contribution in [2.24, 2.45) is 5.92 Å². The molecular formula is C14H19NO3. The predicted octanol–water partition coefficient (Wildman–Crippen LogP) is 2.27. The molecule has 4 nitrogen and oxygen atoms in total. The van der Waals surface area contributed by atoms with Crippen LogP contribution in [0.25, 0.3) is 0 Å². The number of carbonyl (C=O) groups excluding carboxylic acids is 1. The molecule has 4 heteroatoms. The molecule has 2 unspecified atom stereocenters. The van der Waals surface area contributed by atoms with Crippen molar-refractivity contribution in [1.82, 2.24) is 4.90 Å². The highest BCUT2D eigenvalue weighted by Crippen LogP contribution is 2.29. The van der Waals surface area contributed by atoms with E-state index in [1.54, 1.807) is 12.1 Å². The molecule has 0 aromatic heterocycles. The fourth-order valence-corrected chi connectivity index (χ4v) is 2.57. The van der Waals surface area contributed by atoms with Crippen molar-refractivity contribution in [1.29, 1.82) is 0 Å². The Morgan fingerprint density at radius 2 is 2.17 bits per heavy atom. The summed E-state index contributed by atoms with van der Waals surface area (Å²) < 4.78 is 4.97. The van der Waals surface area contributed by atoms with Gasteiger partial charge in [0, 0.05) is 18.2 Å². The Morgan fingerprint density at radius 3 is 2.67 bits per heavy atom. The van der Waals surface area contributed by atoms with Crippen molar-refractivity contribution in [2.75, 3.05) is 13.7 Å². The molecule has 2 rings (SSSR count). The molecule has 0 spiro atoms. The number of phenols is 1. The first kappa shape index (κ1) is 12.7. The number of aromatic hydroxyl groups is 1. The zero-order valence-electron chi connectivity index (χ0n) is 11.0. The number of carbonyl (C=O) groups is 1. The lowest BCUT2D eigenvalue weighted by Gasteiger charge is -2.21. The van der Waals surface area contributed by atoms with Crippen LogP contribution >= 0.6 is 0 Å². The van der Waals surface area contributed by atoms with Gasteiger partial charge >= 0.3 is 0 Å². The fourth-order valence-electron chi connectivity index (χ4n) is 2.57. The van der Waals surface area contributed by atoms with Crippen LogP contribution in [0.1, 0.15) is 30.6 Å². The molecule has 1 aliphatic rings. The van der Waals surface area contributed by atoms with Crippen molar-refractivity contribution in [3.63, 3.8) is 0 Å². The third-order valence-corrected chi connectivity index (χ3v) is 3.47. The van der Waals surface area contributed by atoms with Gasteiger partial charge in [0.15, 0.2) is 11.5 Å². The number of rotatable bonds is 2. The molecule has 1 fully saturated rings. The third-order valence-electron chi connectivity index (χ3n) is 3.47. The Bertz CT molecular complexity index is 458. The Balaban J connectivity index is 2.21. The van der Waals surface area contributed by atoms with Gasteiger partial charge in [-0.2, -0.15) is 0 Å². The number of hydrogen-bond acceptors (Lipinski definition) is 3. The number of nitrogens with zero attached hydrogens (tertiary/aromatic N) is 1. The summed E-state index contributed by atoms with van der Waals surface area (Å²) in [5.41, 5.74) is 0.509. The second-order valence-corrected chi connectivity index (χ2v) is 5.03. The molecule has 1 N–H and O–H groups in total. The Morgan fingerprint density at radius 1 is 1.44 bits per heavy atom. The van der Waals surface area contributed by atoms with Crippen LogP contribution in [0.3, 0.4) is 0 Å². The lowest BCUT2D eigenvalue weighted by Crippen LogP contribution is -2.33. The largest absolute Gasteiger partial charge is 0.504 e. The van der Waals surface area contributed by atoms with Gasteiger partial charge in [0.1, 0.15) is 0 Å². The van der Waals surface area contributed by atoms with Gasteiger partial charge in [0.25, 0.3) is 5.91 Å². The molecule has 1 aliphatic heterocycles. The zero-order valence-corrected chi connectivity index (χ0v) is 11.0. The molecule has 1 aromatic rings. The third kappa shape index (κ3) is 2.28. The molecular weight excluding hydrogens is 230 g/mol. The van der Waals surface area contributed by atoms with E-state index in [1.165, 1.54) is 13.2 Å². The topological polar surface area (TPSA) is 49.8 Å². The molecule has 0 bridgehead atoms. The maximum absolute atomic E-state index is 12.3. The predicted molar refractivity (Wildman–Crippen MR) is 68.9 cm³/mol. The molecule has 1 aromatic carbocycles. The summed E-state index contributed by atoms with van der Waals surface area (Å²) in [6.45, 7) is 4.99. The van der Waals surface area contributed by atoms with Crippen molar-refractivity contribution in [2.45, 2.75) is 26.3 Å². The van der Waals surface area contributed by atoms with Gasteiger partial charge in [-0.1, -0.05) is 6.92 Å². The summed E-state index contributed by atoms with van der Waals surface area (Å²) in [7, 11) is 1.49. The smallest absolute Gasteiger partial charge is 0.254 e. The van der Waals surface area contributed by atoms with Gasteiger partial charge in [-0.25, -0.2) is 0 Å². The van der Waals surface area contributed by atoms with Gasteiger partial charge < -0.3 is 14.7 Å². The van der Waals surface area contributed by atoms with E-state index in [0.717, 1.165) is 13.0 Å². The number of amides is 1. The van der Waals surface area contributed by atoms with Crippen LogP contribution < -0.4 is 4.74 Å². The first-order valence-electron chi connectivity index (χ1n) is 6.21. The SMILES string of the molecule is COc1ccc(C(=O)N2CC(C)CC2C)cc1O. The van der Waals surface area contributed by atoms with Gasteiger partial charge in [0.2, 0.25) is 0 Å². The van der Waals surface area contributed by atoms with Gasteiger partial charge in [-0.05, 0) is 37.5 Å². The van der Waals surface area contributed by atoms with E-state index in [1.807, 2.05) is 4.90 Å². The second kappa shape index (κ2) is 4.88. The summed E-state index contributed by atoms with van der Waals surface area (Å²) in [5.74, 6) is 0.901. The van der Waals surface area contributed by atoms with E-state index in [0.29, 0.717) is 17.2 Å². The fraction of sp³-hybridized carbons (Fsp3) is 0.500. The molecule has 1 saturated heterocycles. The summed E-state index contributed by atoms with van der Waals surface area (Å²) in [6.07, 6.45) is 1.04. The van der Waals surface area contributed by atoms with Crippen LogP contribution in [0.5, 0.6) is 11.5 Å². The van der Waals surface area contributed by atoms with Crippen LogP contribution in [0, 0.1) is 5.92 Å². The van der Waals surface area contributed by atoms with Crippen LogP contribution in [-0.4, -0.2) is 35.6 Å². The van der Waals surface area contributed by atoms with Crippen LogP contribution in [0.2, 0.25) is 0 Å². The minimum atomic E-state index is -0.0233. The van der Waals surface area contributed by atoms with Crippen LogP contribution in [0.15, 0.2) is 18.2 Å². The summed E-state index contributed by atoms with van der Waals surface area (Å²) in [5, 5.41) is 9.71. The summed E-state index contributed by atoms with van der Waals surface area (Å²) >= 11 is 0. The summed E-state index contributed by atoms with van der Waals surface area (Å²) in [4.78, 5) is 14.2. The molecule has 18 heavy (non-hydrogen) atoms. The normalized spacial score (nSPS) is 23.2. The van der Waals surface area contributed by atoms with E-state index in [4.69, 9.17) is 4.74 Å². The maximum atomic E-state index is 12.3. The van der Waals surface area contributed by atoms with Crippen molar-refractivity contribution in [3.05, 3.63) is 23.8 Å². The Kier molecular flexibility index (Phi) is 3.45. The van der Waals surface area contributed by atoms with Gasteiger partial charge in [-0.3, -0.25) is 4.79 Å². The average Bonchev–Trinajstić information content (AvgIpc) is 2.67. The van der Waals surface area contributed by atoms with Crippen molar-refractivity contribution >= 4 is 5.91 Å². The monoisotopic (exact) mass is 249 g/mol. The quantitative estimate of drug-likeness (QED) is 0.874. The first-order chi connectivity index (χ1) is 8.52. The molecule has 0 saturated carbocycles. The number of benzene rings is 1. The lowest BCUT2D eigenvalue weighted by atomic mass is 10.1. The molecule has 2 atom stereocenters. The molecule has 0 radical (unpaired) electrons. The molecule has 1 amide bonds. The van der Waals surface area contributed by atoms with E-state index in [2.05, 4.69) is 13.8 Å². The molecule has 98 valence electrons. The highest BCUT2D eigenvalue weighted by molar-refractivity contribution is 5.95. The standard InChI is InChI=1S/C14H19NO3/c1-9-6-10(2)15(8-9)14(17)11-4-5-13(18-3)12(16)7-11/h4-5,7,9-10,16H,6,8H2,1-3H3. The second-order valence-electron chi connectivity index (χ2n) is 5.03. The average molecular weight is 249 g/mol. The van der Waals surface area contributed by atoms with Crippen LogP contribution in [0.4, 0.5) is 0 Å². The van der Waals surface area contributed by atoms with E-state index in [-0.39, 0.29) is 17.7 Å². The number of hydrogen-bond donors (Lipinski definition) is 1. The first-order valence-corrected chi connectivity index (χ1v) is 6.21. The maximum Gasteiger partial charge on any atom is 0.254 e. The highest BCUT2D eigenvalue weighted by Gasteiger charge is 2.30. The van der Waals surface area contributed by atoms with E-state index >= 15 is 0 Å². The Hall–Kier alpha value is -1.71. The van der Waals surface area contributed by atoms with Crippen molar-refractivity contribution in [3.8, 4) is 11.5 Å². The number of methoxy groups -OCH3 is 1. The Labute approximate surface area is 107 Å². The van der Waals surface area contributed by atoms with Crippen LogP contribution in [-0.2, 0) is 0 Å². The minimum Gasteiger partial charge on any atom is -0.504 e. The number of phenolic OH excluding ortho intramolecular Hbond substituents is 1. The highest BCUT2D eigenvalue weighted by atomic mass is 16.5. The van der Waals surface area contributed by atoms with E-state index < -0.39 is 0 Å². The van der Waals surface area contributed by atoms with E-state index in [9.17, 15) is 9.90 Å². The van der Waals surface area contributed by atoms with Gasteiger partial charge in [-0.15, -0.1) is 0 Å². The van der Waals surface area contributed by atoms with Crippen molar-refractivity contribution < 1.29 is 14.6 Å². The molecule has 1 heterocycles. The summed E-state index contributed by atoms with van der Waals surface area (Å²) in [6, 6.07) is 5.04.